The number of halogens is 2. The fourth-order valence-electron chi connectivity index (χ4n) is 4.45. The van der Waals surface area contributed by atoms with E-state index in [9.17, 15) is 18.0 Å². The molecule has 0 aliphatic heterocycles. The van der Waals surface area contributed by atoms with Crippen LogP contribution in [0.4, 0.5) is 5.69 Å². The molecule has 0 unspecified atom stereocenters. The van der Waals surface area contributed by atoms with Gasteiger partial charge in [-0.15, -0.1) is 0 Å². The summed E-state index contributed by atoms with van der Waals surface area (Å²) in [7, 11) is -4.15. The zero-order valence-corrected chi connectivity index (χ0v) is 26.4. The largest absolute Gasteiger partial charge is 0.352 e. The van der Waals surface area contributed by atoms with Crippen LogP contribution in [0.15, 0.2) is 71.6 Å². The van der Waals surface area contributed by atoms with Crippen molar-refractivity contribution in [3.63, 3.8) is 0 Å². The van der Waals surface area contributed by atoms with Gasteiger partial charge in [-0.25, -0.2) is 8.42 Å². The molecule has 0 saturated carbocycles. The third kappa shape index (κ3) is 7.61. The molecule has 0 bridgehead atoms. The summed E-state index contributed by atoms with van der Waals surface area (Å²) in [6.07, 6.45) is 1.01. The van der Waals surface area contributed by atoms with E-state index in [1.54, 1.807) is 55.5 Å². The second kappa shape index (κ2) is 14.2. The first-order valence-corrected chi connectivity index (χ1v) is 15.8. The van der Waals surface area contributed by atoms with E-state index in [1.165, 1.54) is 17.0 Å². The third-order valence-corrected chi connectivity index (χ3v) is 9.71. The van der Waals surface area contributed by atoms with Crippen molar-refractivity contribution < 1.29 is 18.0 Å². The van der Waals surface area contributed by atoms with Gasteiger partial charge in [0, 0.05) is 28.2 Å². The smallest absolute Gasteiger partial charge is 0.264 e. The summed E-state index contributed by atoms with van der Waals surface area (Å²) in [5.74, 6) is -0.893. The molecule has 2 amide bonds. The fourth-order valence-corrected chi connectivity index (χ4v) is 6.46. The van der Waals surface area contributed by atoms with Crippen LogP contribution in [0.25, 0.3) is 0 Å². The van der Waals surface area contributed by atoms with Gasteiger partial charge in [0.05, 0.1) is 10.6 Å². The number of amides is 2. The summed E-state index contributed by atoms with van der Waals surface area (Å²) < 4.78 is 29.1. The van der Waals surface area contributed by atoms with Gasteiger partial charge < -0.3 is 10.2 Å². The highest BCUT2D eigenvalue weighted by Gasteiger charge is 2.35. The molecule has 41 heavy (non-hydrogen) atoms. The number of carbonyl (C=O) groups excluding carboxylic acids is 2. The van der Waals surface area contributed by atoms with E-state index in [-0.39, 0.29) is 23.4 Å². The molecule has 3 aromatic rings. The third-order valence-electron chi connectivity index (χ3n) is 7.23. The summed E-state index contributed by atoms with van der Waals surface area (Å²) in [5.41, 5.74) is 2.46. The lowest BCUT2D eigenvalue weighted by atomic mass is 10.1. The second-order valence-electron chi connectivity index (χ2n) is 10.0. The van der Waals surface area contributed by atoms with E-state index < -0.39 is 28.5 Å². The molecular formula is C31H37Cl2N3O4S. The number of nitrogens with one attached hydrogen (secondary N) is 1. The van der Waals surface area contributed by atoms with Crippen molar-refractivity contribution in [1.29, 1.82) is 0 Å². The number of carbonyl (C=O) groups is 2. The first kappa shape index (κ1) is 32.4. The Kier molecular flexibility index (Phi) is 11.2. The molecule has 220 valence electrons. The predicted molar refractivity (Wildman–Crippen MR) is 166 cm³/mol. The molecule has 0 spiro atoms. The molecule has 0 aromatic heterocycles. The number of benzene rings is 3. The number of aryl methyl sites for hydroxylation is 1. The van der Waals surface area contributed by atoms with Crippen LogP contribution < -0.4 is 9.62 Å². The SMILES string of the molecule is CC[C@H](C(=O)N[C@@H](C)CC)N(Cc1c(Cl)cccc1Cl)C(=O)CN(c1cccc(C)c1C)S(=O)(=O)c1ccccc1. The topological polar surface area (TPSA) is 86.8 Å². The predicted octanol–water partition coefficient (Wildman–Crippen LogP) is 6.53. The lowest BCUT2D eigenvalue weighted by molar-refractivity contribution is -0.140. The summed E-state index contributed by atoms with van der Waals surface area (Å²) in [5, 5.41) is 3.64. The molecule has 7 nitrogen and oxygen atoms in total. The van der Waals surface area contributed by atoms with Gasteiger partial charge in [-0.1, -0.05) is 73.4 Å². The van der Waals surface area contributed by atoms with E-state index >= 15 is 0 Å². The molecular weight excluding hydrogens is 581 g/mol. The van der Waals surface area contributed by atoms with Crippen LogP contribution in [-0.2, 0) is 26.2 Å². The molecule has 3 rings (SSSR count). The van der Waals surface area contributed by atoms with E-state index in [4.69, 9.17) is 23.2 Å². The van der Waals surface area contributed by atoms with Gasteiger partial charge in [0.2, 0.25) is 11.8 Å². The molecule has 1 N–H and O–H groups in total. The van der Waals surface area contributed by atoms with Gasteiger partial charge in [0.1, 0.15) is 12.6 Å². The molecule has 3 aromatic carbocycles. The van der Waals surface area contributed by atoms with Crippen molar-refractivity contribution >= 4 is 50.7 Å². The lowest BCUT2D eigenvalue weighted by Gasteiger charge is -2.34. The molecule has 10 heteroatoms. The van der Waals surface area contributed by atoms with E-state index in [0.29, 0.717) is 34.1 Å². The number of hydrogen-bond donors (Lipinski definition) is 1. The Hall–Kier alpha value is -3.07. The van der Waals surface area contributed by atoms with Crippen molar-refractivity contribution in [3.05, 3.63) is 93.5 Å². The average molecular weight is 619 g/mol. The average Bonchev–Trinajstić information content (AvgIpc) is 2.95. The van der Waals surface area contributed by atoms with Crippen molar-refractivity contribution in [2.24, 2.45) is 0 Å². The maximum Gasteiger partial charge on any atom is 0.264 e. The molecule has 0 radical (unpaired) electrons. The van der Waals surface area contributed by atoms with E-state index in [2.05, 4.69) is 5.32 Å². The summed E-state index contributed by atoms with van der Waals surface area (Å²) in [6, 6.07) is 17.3. The highest BCUT2D eigenvalue weighted by Crippen LogP contribution is 2.31. The molecule has 0 heterocycles. The fraction of sp³-hybridized carbons (Fsp3) is 0.355. The second-order valence-corrected chi connectivity index (χ2v) is 12.7. The maximum atomic E-state index is 14.2. The first-order chi connectivity index (χ1) is 19.4. The summed E-state index contributed by atoms with van der Waals surface area (Å²) in [6.45, 7) is 8.74. The van der Waals surface area contributed by atoms with Crippen LogP contribution in [0.3, 0.4) is 0 Å². The van der Waals surface area contributed by atoms with Crippen LogP contribution in [0, 0.1) is 13.8 Å². The minimum Gasteiger partial charge on any atom is -0.352 e. The Labute approximate surface area is 253 Å². The van der Waals surface area contributed by atoms with Crippen LogP contribution in [0.1, 0.15) is 50.3 Å². The quantitative estimate of drug-likeness (QED) is 0.250. The Bertz CT molecular complexity index is 1460. The number of anilines is 1. The van der Waals surface area contributed by atoms with E-state index in [0.717, 1.165) is 15.4 Å². The Morgan fingerprint density at radius 3 is 2.07 bits per heavy atom. The summed E-state index contributed by atoms with van der Waals surface area (Å²) >= 11 is 13.0. The Morgan fingerprint density at radius 1 is 0.878 bits per heavy atom. The number of sulfonamides is 1. The molecule has 0 aliphatic carbocycles. The minimum atomic E-state index is -4.15. The Morgan fingerprint density at radius 2 is 1.49 bits per heavy atom. The van der Waals surface area contributed by atoms with Gasteiger partial charge in [0.25, 0.3) is 10.0 Å². The van der Waals surface area contributed by atoms with Crippen molar-refractivity contribution in [3.8, 4) is 0 Å². The molecule has 0 aliphatic rings. The monoisotopic (exact) mass is 617 g/mol. The van der Waals surface area contributed by atoms with Gasteiger partial charge in [-0.05, 0) is 75.1 Å². The molecule has 2 atom stereocenters. The number of rotatable bonds is 12. The standard InChI is InChI=1S/C31H37Cl2N3O4S/c1-6-22(4)34-31(38)28(7-2)35(19-25-26(32)16-12-17-27(25)33)30(37)20-36(29-18-11-13-21(3)23(29)5)41(39,40)24-14-9-8-10-15-24/h8-18,22,28H,6-7,19-20H2,1-5H3,(H,34,38)/t22-,28+/m0/s1. The van der Waals surface area contributed by atoms with Gasteiger partial charge in [0.15, 0.2) is 0 Å². The zero-order chi connectivity index (χ0) is 30.3. The molecule has 0 saturated heterocycles. The van der Waals surface area contributed by atoms with Gasteiger partial charge in [-0.3, -0.25) is 13.9 Å². The van der Waals surface area contributed by atoms with Crippen LogP contribution in [-0.4, -0.2) is 43.8 Å². The number of nitrogens with zero attached hydrogens (tertiary/aromatic N) is 2. The normalized spacial score (nSPS) is 12.9. The minimum absolute atomic E-state index is 0.0518. The van der Waals surface area contributed by atoms with Crippen LogP contribution >= 0.6 is 23.2 Å². The number of hydrogen-bond acceptors (Lipinski definition) is 4. The first-order valence-electron chi connectivity index (χ1n) is 13.6. The van der Waals surface area contributed by atoms with Gasteiger partial charge >= 0.3 is 0 Å². The Balaban J connectivity index is 2.13. The van der Waals surface area contributed by atoms with Crippen molar-refractivity contribution in [1.82, 2.24) is 10.2 Å². The van der Waals surface area contributed by atoms with E-state index in [1.807, 2.05) is 33.8 Å². The summed E-state index contributed by atoms with van der Waals surface area (Å²) in [4.78, 5) is 29.1. The van der Waals surface area contributed by atoms with Crippen molar-refractivity contribution in [2.75, 3.05) is 10.8 Å². The van der Waals surface area contributed by atoms with Gasteiger partial charge in [-0.2, -0.15) is 0 Å². The highest BCUT2D eigenvalue weighted by atomic mass is 35.5. The van der Waals surface area contributed by atoms with Crippen molar-refractivity contribution in [2.45, 2.75) is 71.0 Å². The molecule has 0 fully saturated rings. The zero-order valence-electron chi connectivity index (χ0n) is 24.0. The maximum absolute atomic E-state index is 14.2. The lowest BCUT2D eigenvalue weighted by Crippen LogP contribution is -2.53. The van der Waals surface area contributed by atoms with Crippen LogP contribution in [0.5, 0.6) is 0 Å². The van der Waals surface area contributed by atoms with Crippen LogP contribution in [0.2, 0.25) is 10.0 Å². The highest BCUT2D eigenvalue weighted by molar-refractivity contribution is 7.92.